The molecule has 1 N–H and O–H groups in total. The third-order valence-corrected chi connectivity index (χ3v) is 7.77. The first kappa shape index (κ1) is 22.9. The number of anilines is 1. The number of benzene rings is 1. The van der Waals surface area contributed by atoms with Gasteiger partial charge in [0, 0.05) is 56.3 Å². The van der Waals surface area contributed by atoms with Gasteiger partial charge in [0.2, 0.25) is 0 Å². The normalized spacial score (nSPS) is 16.0. The van der Waals surface area contributed by atoms with Crippen LogP contribution in [0.3, 0.4) is 0 Å². The first-order valence-corrected chi connectivity index (χ1v) is 13.1. The summed E-state index contributed by atoms with van der Waals surface area (Å²) < 4.78 is 7.48. The molecule has 0 spiro atoms. The number of hydrogen-bond acceptors (Lipinski definition) is 7. The molecular formula is C27H29N7OS. The summed E-state index contributed by atoms with van der Waals surface area (Å²) >= 11 is 1.67. The lowest BCUT2D eigenvalue weighted by Gasteiger charge is -2.20. The van der Waals surface area contributed by atoms with Gasteiger partial charge in [-0.1, -0.05) is 30.3 Å². The second-order valence-electron chi connectivity index (χ2n) is 9.49. The summed E-state index contributed by atoms with van der Waals surface area (Å²) in [5, 5.41) is 6.01. The first-order valence-electron chi connectivity index (χ1n) is 12.3. The number of fused-ring (bicyclic) bond motifs is 1. The summed E-state index contributed by atoms with van der Waals surface area (Å²) in [4.78, 5) is 22.2. The third kappa shape index (κ3) is 4.08. The first-order chi connectivity index (χ1) is 17.6. The number of thiophene rings is 1. The average Bonchev–Trinajstić information content (AvgIpc) is 3.69. The average molecular weight is 500 g/mol. The fourth-order valence-corrected chi connectivity index (χ4v) is 6.07. The molecule has 1 fully saturated rings. The molecule has 0 amide bonds. The molecule has 6 rings (SSSR count). The van der Waals surface area contributed by atoms with Crippen molar-refractivity contribution in [3.05, 3.63) is 55.0 Å². The molecule has 0 saturated carbocycles. The highest BCUT2D eigenvalue weighted by atomic mass is 32.1. The van der Waals surface area contributed by atoms with E-state index in [1.807, 2.05) is 10.7 Å². The predicted octanol–water partition coefficient (Wildman–Crippen LogP) is 5.67. The van der Waals surface area contributed by atoms with Crippen LogP contribution in [0.15, 0.2) is 55.0 Å². The van der Waals surface area contributed by atoms with Gasteiger partial charge in [0.15, 0.2) is 11.6 Å². The number of rotatable bonds is 7. The maximum atomic E-state index is 5.47. The quantitative estimate of drug-likeness (QED) is 0.311. The van der Waals surface area contributed by atoms with Gasteiger partial charge in [0.05, 0.1) is 16.9 Å². The third-order valence-electron chi connectivity index (χ3n) is 6.66. The monoisotopic (exact) mass is 499 g/mol. The molecular weight excluding hydrogens is 470 g/mol. The van der Waals surface area contributed by atoms with Crippen LogP contribution in [0.25, 0.3) is 43.6 Å². The Morgan fingerprint density at radius 2 is 2.03 bits per heavy atom. The molecule has 9 heteroatoms. The fourth-order valence-electron chi connectivity index (χ4n) is 4.91. The maximum absolute atomic E-state index is 5.47. The lowest BCUT2D eigenvalue weighted by atomic mass is 10.0. The molecule has 5 heterocycles. The Morgan fingerprint density at radius 3 is 2.75 bits per heavy atom. The zero-order valence-electron chi connectivity index (χ0n) is 20.7. The molecule has 1 unspecified atom stereocenters. The van der Waals surface area contributed by atoms with E-state index in [1.165, 1.54) is 0 Å². The van der Waals surface area contributed by atoms with Crippen molar-refractivity contribution >= 4 is 27.4 Å². The summed E-state index contributed by atoms with van der Waals surface area (Å²) in [7, 11) is 1.77. The second kappa shape index (κ2) is 9.48. The minimum absolute atomic E-state index is 0.288. The van der Waals surface area contributed by atoms with Crippen LogP contribution >= 0.6 is 11.3 Å². The molecule has 1 saturated heterocycles. The van der Waals surface area contributed by atoms with Crippen LogP contribution in [-0.2, 0) is 4.74 Å². The van der Waals surface area contributed by atoms with Gasteiger partial charge in [-0.25, -0.2) is 15.0 Å². The number of H-pyrrole nitrogens is 1. The fraction of sp³-hybridized carbons (Fsp3) is 0.333. The molecule has 1 aliphatic heterocycles. The summed E-state index contributed by atoms with van der Waals surface area (Å²) in [6, 6.07) is 12.9. The van der Waals surface area contributed by atoms with Crippen LogP contribution in [0, 0.1) is 5.92 Å². The lowest BCUT2D eigenvalue weighted by molar-refractivity contribution is 0.161. The van der Waals surface area contributed by atoms with E-state index in [9.17, 15) is 0 Å². The molecule has 1 aromatic carbocycles. The van der Waals surface area contributed by atoms with Crippen LogP contribution in [0.5, 0.6) is 0 Å². The molecule has 4 aromatic heterocycles. The van der Waals surface area contributed by atoms with Crippen LogP contribution in [-0.4, -0.2) is 56.5 Å². The van der Waals surface area contributed by atoms with E-state index in [-0.39, 0.29) is 6.04 Å². The van der Waals surface area contributed by atoms with E-state index in [1.54, 1.807) is 30.8 Å². The highest BCUT2D eigenvalue weighted by Crippen LogP contribution is 2.47. The van der Waals surface area contributed by atoms with Crippen molar-refractivity contribution in [1.82, 2.24) is 29.7 Å². The summed E-state index contributed by atoms with van der Waals surface area (Å²) in [5.41, 5.74) is 3.23. The van der Waals surface area contributed by atoms with Crippen molar-refractivity contribution in [3.63, 3.8) is 0 Å². The molecule has 36 heavy (non-hydrogen) atoms. The minimum atomic E-state index is 0.288. The Hall–Kier alpha value is -3.56. The van der Waals surface area contributed by atoms with Crippen LogP contribution in [0.2, 0.25) is 0 Å². The summed E-state index contributed by atoms with van der Waals surface area (Å²) in [6.45, 7) is 6.87. The molecule has 1 atom stereocenters. The Kier molecular flexibility index (Phi) is 6.02. The van der Waals surface area contributed by atoms with Crippen molar-refractivity contribution in [1.29, 1.82) is 0 Å². The number of aromatic nitrogens is 6. The van der Waals surface area contributed by atoms with E-state index in [4.69, 9.17) is 19.8 Å². The SMILES string of the molecule is COCC1CCN(c2nc(-c3ncc[nH]3)nc3sc(-c4ccn(C(C)C)n4)c(-c4ccccc4)c23)C1. The van der Waals surface area contributed by atoms with Gasteiger partial charge in [-0.2, -0.15) is 5.10 Å². The summed E-state index contributed by atoms with van der Waals surface area (Å²) in [6.07, 6.45) is 6.67. The molecule has 0 aliphatic carbocycles. The van der Waals surface area contributed by atoms with E-state index in [0.717, 1.165) is 63.8 Å². The number of imidazole rings is 1. The molecule has 0 bridgehead atoms. The van der Waals surface area contributed by atoms with Crippen molar-refractivity contribution in [2.75, 3.05) is 31.7 Å². The van der Waals surface area contributed by atoms with Gasteiger partial charge in [-0.3, -0.25) is 4.68 Å². The highest BCUT2D eigenvalue weighted by Gasteiger charge is 2.30. The number of hydrogen-bond donors (Lipinski definition) is 1. The van der Waals surface area contributed by atoms with Gasteiger partial charge in [-0.15, -0.1) is 11.3 Å². The lowest BCUT2D eigenvalue weighted by Crippen LogP contribution is -2.22. The Bertz CT molecular complexity index is 1470. The standard InChI is InChI=1S/C27H29N7OS/c1-17(2)34-14-10-20(32-34)23-21(19-7-5-4-6-8-19)22-26(33-13-9-18(15-33)16-35-3)30-25(31-27(22)36-23)24-28-11-12-29-24/h4-8,10-12,14,17-18H,9,13,15-16H2,1-3H3,(H,28,29). The number of methoxy groups -OCH3 is 1. The van der Waals surface area contributed by atoms with Gasteiger partial charge in [-0.05, 0) is 31.9 Å². The maximum Gasteiger partial charge on any atom is 0.199 e. The smallest absolute Gasteiger partial charge is 0.199 e. The minimum Gasteiger partial charge on any atom is -0.384 e. The van der Waals surface area contributed by atoms with Crippen molar-refractivity contribution in [3.8, 4) is 33.3 Å². The predicted molar refractivity (Wildman–Crippen MR) is 144 cm³/mol. The molecule has 5 aromatic rings. The number of nitrogens with one attached hydrogen (secondary N) is 1. The van der Waals surface area contributed by atoms with Crippen molar-refractivity contribution in [2.45, 2.75) is 26.3 Å². The van der Waals surface area contributed by atoms with E-state index in [2.05, 4.69) is 65.2 Å². The Morgan fingerprint density at radius 1 is 1.17 bits per heavy atom. The zero-order valence-corrected chi connectivity index (χ0v) is 21.5. The zero-order chi connectivity index (χ0) is 24.6. The number of nitrogens with zero attached hydrogens (tertiary/aromatic N) is 6. The topological polar surface area (TPSA) is 84.8 Å². The highest BCUT2D eigenvalue weighted by molar-refractivity contribution is 7.22. The Labute approximate surface area is 214 Å². The van der Waals surface area contributed by atoms with Crippen molar-refractivity contribution in [2.24, 2.45) is 5.92 Å². The second-order valence-corrected chi connectivity index (χ2v) is 10.5. The van der Waals surface area contributed by atoms with E-state index < -0.39 is 0 Å². The molecule has 184 valence electrons. The molecule has 1 aliphatic rings. The van der Waals surface area contributed by atoms with E-state index >= 15 is 0 Å². The van der Waals surface area contributed by atoms with Gasteiger partial charge in [0.25, 0.3) is 0 Å². The van der Waals surface area contributed by atoms with Crippen LogP contribution in [0.4, 0.5) is 5.82 Å². The molecule has 0 radical (unpaired) electrons. The number of ether oxygens (including phenoxy) is 1. The van der Waals surface area contributed by atoms with Crippen molar-refractivity contribution < 1.29 is 4.74 Å². The Balaban J connectivity index is 1.61. The summed E-state index contributed by atoms with van der Waals surface area (Å²) in [5.74, 6) is 2.71. The van der Waals surface area contributed by atoms with Gasteiger partial charge in [0.1, 0.15) is 16.3 Å². The largest absolute Gasteiger partial charge is 0.384 e. The molecule has 8 nitrogen and oxygen atoms in total. The van der Waals surface area contributed by atoms with Crippen LogP contribution in [0.1, 0.15) is 26.3 Å². The van der Waals surface area contributed by atoms with E-state index in [0.29, 0.717) is 17.6 Å². The van der Waals surface area contributed by atoms with Gasteiger partial charge < -0.3 is 14.6 Å². The van der Waals surface area contributed by atoms with Crippen LogP contribution < -0.4 is 4.90 Å². The van der Waals surface area contributed by atoms with Gasteiger partial charge >= 0.3 is 0 Å². The number of aromatic amines is 1.